The average molecular weight is 426 g/mol. The molecule has 6 heteroatoms. The highest BCUT2D eigenvalue weighted by molar-refractivity contribution is 9.10. The zero-order valence-corrected chi connectivity index (χ0v) is 16.1. The molecule has 0 spiro atoms. The molecular weight excluding hydrogens is 408 g/mol. The highest BCUT2D eigenvalue weighted by Crippen LogP contribution is 2.22. The van der Waals surface area contributed by atoms with Crippen molar-refractivity contribution < 1.29 is 19.1 Å². The van der Waals surface area contributed by atoms with E-state index in [4.69, 9.17) is 21.1 Å². The number of rotatable bonds is 8. The zero-order chi connectivity index (χ0) is 18.2. The average Bonchev–Trinajstić information content (AvgIpc) is 2.58. The lowest BCUT2D eigenvalue weighted by Gasteiger charge is -2.09. The summed E-state index contributed by atoms with van der Waals surface area (Å²) in [6.45, 7) is 2.04. The number of benzene rings is 2. The first kappa shape index (κ1) is 19.5. The summed E-state index contributed by atoms with van der Waals surface area (Å²) >= 11 is 9.19. The number of halogens is 2. The van der Waals surface area contributed by atoms with Crippen molar-refractivity contribution in [2.24, 2.45) is 0 Å². The largest absolute Gasteiger partial charge is 0.493 e. The molecule has 0 aliphatic rings. The summed E-state index contributed by atoms with van der Waals surface area (Å²) < 4.78 is 11.5. The van der Waals surface area contributed by atoms with Crippen LogP contribution >= 0.6 is 27.5 Å². The first-order chi connectivity index (χ1) is 12.0. The molecule has 2 aromatic carbocycles. The molecule has 0 radical (unpaired) electrons. The van der Waals surface area contributed by atoms with Crippen molar-refractivity contribution >= 4 is 39.3 Å². The Labute approximate surface area is 160 Å². The fourth-order valence-electron chi connectivity index (χ4n) is 2.11. The number of aryl methyl sites for hydroxylation is 1. The second-order valence-electron chi connectivity index (χ2n) is 5.45. The highest BCUT2D eigenvalue weighted by Gasteiger charge is 2.10. The van der Waals surface area contributed by atoms with Crippen molar-refractivity contribution in [2.75, 3.05) is 13.2 Å². The Kier molecular flexibility index (Phi) is 7.47. The molecule has 0 atom stereocenters. The standard InChI is InChI=1S/C19H18BrClO4/c1-13-11-16(21)8-9-18(13)24-10-2-3-19(23)25-12-17(22)14-4-6-15(20)7-5-14/h4-9,11H,2-3,10,12H2,1H3. The van der Waals surface area contributed by atoms with Crippen molar-refractivity contribution in [3.05, 3.63) is 63.1 Å². The van der Waals surface area contributed by atoms with Crippen molar-refractivity contribution in [1.29, 1.82) is 0 Å². The summed E-state index contributed by atoms with van der Waals surface area (Å²) in [6, 6.07) is 12.3. The molecule has 0 bridgehead atoms. The number of ether oxygens (including phenoxy) is 2. The van der Waals surface area contributed by atoms with Crippen LogP contribution in [0.15, 0.2) is 46.9 Å². The summed E-state index contributed by atoms with van der Waals surface area (Å²) in [5, 5.41) is 0.656. The van der Waals surface area contributed by atoms with Gasteiger partial charge in [-0.15, -0.1) is 0 Å². The molecule has 0 amide bonds. The van der Waals surface area contributed by atoms with Gasteiger partial charge in [0.05, 0.1) is 6.61 Å². The third-order valence-electron chi connectivity index (χ3n) is 3.45. The van der Waals surface area contributed by atoms with Gasteiger partial charge in [0.15, 0.2) is 12.4 Å². The molecular formula is C19H18BrClO4. The quantitative estimate of drug-likeness (QED) is 0.339. The van der Waals surface area contributed by atoms with Crippen molar-refractivity contribution in [2.45, 2.75) is 19.8 Å². The van der Waals surface area contributed by atoms with E-state index >= 15 is 0 Å². The Balaban J connectivity index is 1.67. The molecule has 132 valence electrons. The Morgan fingerprint density at radius 1 is 1.12 bits per heavy atom. The fourth-order valence-corrected chi connectivity index (χ4v) is 2.60. The lowest BCUT2D eigenvalue weighted by atomic mass is 10.1. The minimum absolute atomic E-state index is 0.195. The SMILES string of the molecule is Cc1cc(Cl)ccc1OCCCC(=O)OCC(=O)c1ccc(Br)cc1. The zero-order valence-electron chi connectivity index (χ0n) is 13.8. The Bertz CT molecular complexity index is 744. The van der Waals surface area contributed by atoms with Gasteiger partial charge >= 0.3 is 5.97 Å². The smallest absolute Gasteiger partial charge is 0.306 e. The first-order valence-electron chi connectivity index (χ1n) is 7.79. The molecule has 0 unspecified atom stereocenters. The van der Waals surface area contributed by atoms with Crippen LogP contribution in [-0.2, 0) is 9.53 Å². The predicted octanol–water partition coefficient (Wildman–Crippen LogP) is 5.00. The number of ketones is 1. The predicted molar refractivity (Wildman–Crippen MR) is 100 cm³/mol. The number of carbonyl (C=O) groups is 2. The molecule has 0 aliphatic carbocycles. The molecule has 25 heavy (non-hydrogen) atoms. The third kappa shape index (κ3) is 6.52. The molecule has 0 aromatic heterocycles. The van der Waals surface area contributed by atoms with Gasteiger partial charge < -0.3 is 9.47 Å². The second kappa shape index (κ2) is 9.59. The van der Waals surface area contributed by atoms with Gasteiger partial charge in [0, 0.05) is 21.5 Å². The molecule has 2 rings (SSSR count). The molecule has 0 N–H and O–H groups in total. The first-order valence-corrected chi connectivity index (χ1v) is 8.96. The molecule has 0 saturated heterocycles. The van der Waals surface area contributed by atoms with E-state index in [1.807, 2.05) is 13.0 Å². The fraction of sp³-hybridized carbons (Fsp3) is 0.263. The molecule has 0 saturated carbocycles. The van der Waals surface area contributed by atoms with E-state index in [0.717, 1.165) is 15.8 Å². The van der Waals surface area contributed by atoms with Gasteiger partial charge in [-0.25, -0.2) is 0 Å². The van der Waals surface area contributed by atoms with Gasteiger partial charge in [0.1, 0.15) is 5.75 Å². The maximum Gasteiger partial charge on any atom is 0.306 e. The van der Waals surface area contributed by atoms with Crippen LogP contribution in [0, 0.1) is 6.92 Å². The van der Waals surface area contributed by atoms with Crippen LogP contribution in [0.2, 0.25) is 5.02 Å². The maximum absolute atomic E-state index is 11.9. The van der Waals surface area contributed by atoms with Gasteiger partial charge in [0.25, 0.3) is 0 Å². The Morgan fingerprint density at radius 3 is 2.52 bits per heavy atom. The van der Waals surface area contributed by atoms with E-state index in [1.54, 1.807) is 36.4 Å². The monoisotopic (exact) mass is 424 g/mol. The van der Waals surface area contributed by atoms with Crippen LogP contribution in [0.25, 0.3) is 0 Å². The molecule has 0 heterocycles. The summed E-state index contributed by atoms with van der Waals surface area (Å²) in [5.74, 6) is 0.0963. The van der Waals surface area contributed by atoms with Crippen LogP contribution in [0.4, 0.5) is 0 Å². The van der Waals surface area contributed by atoms with Crippen molar-refractivity contribution in [3.8, 4) is 5.75 Å². The number of Topliss-reactive ketones (excluding diaryl/α,β-unsaturated/α-hetero) is 1. The van der Waals surface area contributed by atoms with Crippen molar-refractivity contribution in [1.82, 2.24) is 0 Å². The summed E-state index contributed by atoms with van der Waals surface area (Å²) in [6.07, 6.45) is 0.702. The molecule has 0 fully saturated rings. The van der Waals surface area contributed by atoms with Crippen LogP contribution < -0.4 is 4.74 Å². The van der Waals surface area contributed by atoms with Crippen LogP contribution in [0.3, 0.4) is 0 Å². The van der Waals surface area contributed by atoms with Gasteiger partial charge in [-0.2, -0.15) is 0 Å². The van der Waals surface area contributed by atoms with E-state index < -0.39 is 5.97 Å². The van der Waals surface area contributed by atoms with E-state index in [0.29, 0.717) is 23.6 Å². The van der Waals surface area contributed by atoms with Gasteiger partial charge in [-0.1, -0.05) is 39.7 Å². The molecule has 0 aliphatic heterocycles. The third-order valence-corrected chi connectivity index (χ3v) is 4.21. The summed E-state index contributed by atoms with van der Waals surface area (Å²) in [4.78, 5) is 23.6. The topological polar surface area (TPSA) is 52.6 Å². The Morgan fingerprint density at radius 2 is 1.84 bits per heavy atom. The Hall–Kier alpha value is -1.85. The number of hydrogen-bond donors (Lipinski definition) is 0. The lowest BCUT2D eigenvalue weighted by Crippen LogP contribution is -2.14. The number of carbonyl (C=O) groups excluding carboxylic acids is 2. The van der Waals surface area contributed by atoms with E-state index in [-0.39, 0.29) is 18.8 Å². The minimum Gasteiger partial charge on any atom is -0.493 e. The van der Waals surface area contributed by atoms with Crippen LogP contribution in [0.1, 0.15) is 28.8 Å². The van der Waals surface area contributed by atoms with Gasteiger partial charge in [0.2, 0.25) is 0 Å². The number of esters is 1. The number of hydrogen-bond acceptors (Lipinski definition) is 4. The second-order valence-corrected chi connectivity index (χ2v) is 6.80. The lowest BCUT2D eigenvalue weighted by molar-refractivity contribution is -0.142. The van der Waals surface area contributed by atoms with Gasteiger partial charge in [-0.3, -0.25) is 9.59 Å². The molecule has 4 nitrogen and oxygen atoms in total. The highest BCUT2D eigenvalue weighted by atomic mass is 79.9. The normalized spacial score (nSPS) is 10.4. The maximum atomic E-state index is 11.9. The van der Waals surface area contributed by atoms with Crippen LogP contribution in [0.5, 0.6) is 5.75 Å². The van der Waals surface area contributed by atoms with Crippen molar-refractivity contribution in [3.63, 3.8) is 0 Å². The van der Waals surface area contributed by atoms with E-state index in [1.165, 1.54) is 0 Å². The summed E-state index contributed by atoms with van der Waals surface area (Å²) in [5.41, 5.74) is 1.45. The van der Waals surface area contributed by atoms with Crippen LogP contribution in [-0.4, -0.2) is 25.0 Å². The van der Waals surface area contributed by atoms with E-state index in [9.17, 15) is 9.59 Å². The van der Waals surface area contributed by atoms with E-state index in [2.05, 4.69) is 15.9 Å². The summed E-state index contributed by atoms with van der Waals surface area (Å²) in [7, 11) is 0. The molecule has 2 aromatic rings. The minimum atomic E-state index is -0.415. The van der Waals surface area contributed by atoms with Gasteiger partial charge in [-0.05, 0) is 49.2 Å².